The van der Waals surface area contributed by atoms with Crippen molar-refractivity contribution in [2.75, 3.05) is 7.11 Å². The molecule has 0 saturated heterocycles. The van der Waals surface area contributed by atoms with Crippen LogP contribution in [0.1, 0.15) is 16.8 Å². The van der Waals surface area contributed by atoms with E-state index in [1.807, 2.05) is 12.1 Å². The maximum Gasteiger partial charge on any atom is 0.119 e. The number of rotatable bonds is 3. The van der Waals surface area contributed by atoms with E-state index in [0.717, 1.165) is 12.2 Å². The van der Waals surface area contributed by atoms with E-state index in [1.54, 1.807) is 7.11 Å². The molecule has 0 amide bonds. The zero-order valence-electron chi connectivity index (χ0n) is 11.2. The normalized spacial score (nSPS) is 10.8. The minimum absolute atomic E-state index is 0.912. The summed E-state index contributed by atoms with van der Waals surface area (Å²) in [7, 11) is 1.70. The smallest absolute Gasteiger partial charge is 0.119 e. The van der Waals surface area contributed by atoms with E-state index in [2.05, 4.69) is 48.3 Å². The molecule has 1 aromatic heterocycles. The van der Waals surface area contributed by atoms with Crippen molar-refractivity contribution in [2.45, 2.75) is 13.3 Å². The highest BCUT2D eigenvalue weighted by Gasteiger charge is 2.08. The number of aromatic amines is 1. The average Bonchev–Trinajstić information content (AvgIpc) is 2.76. The number of nitrogens with one attached hydrogen (secondary N) is 1. The van der Waals surface area contributed by atoms with Gasteiger partial charge in [0, 0.05) is 16.6 Å². The fourth-order valence-corrected chi connectivity index (χ4v) is 2.55. The molecule has 2 aromatic carbocycles. The summed E-state index contributed by atoms with van der Waals surface area (Å²) in [5.74, 6) is 0.912. The highest BCUT2D eigenvalue weighted by atomic mass is 16.5. The number of H-pyrrole nitrogens is 1. The van der Waals surface area contributed by atoms with Crippen molar-refractivity contribution < 1.29 is 4.74 Å². The van der Waals surface area contributed by atoms with Gasteiger partial charge in [0.1, 0.15) is 5.75 Å². The molecule has 0 aliphatic heterocycles. The Morgan fingerprint density at radius 1 is 1.05 bits per heavy atom. The highest BCUT2D eigenvalue weighted by molar-refractivity contribution is 5.84. The number of methoxy groups -OCH3 is 1. The van der Waals surface area contributed by atoms with Crippen LogP contribution in [0.15, 0.2) is 48.5 Å². The van der Waals surface area contributed by atoms with Crippen LogP contribution in [0.2, 0.25) is 0 Å². The number of aromatic nitrogens is 1. The Bertz CT molecular complexity index is 712. The first-order valence-corrected chi connectivity index (χ1v) is 6.47. The Kier molecular flexibility index (Phi) is 3.00. The molecular weight excluding hydrogens is 234 g/mol. The Hall–Kier alpha value is -2.22. The summed E-state index contributed by atoms with van der Waals surface area (Å²) in [6.45, 7) is 2.13. The van der Waals surface area contributed by atoms with Crippen molar-refractivity contribution in [1.29, 1.82) is 0 Å². The molecule has 0 radical (unpaired) electrons. The number of benzene rings is 2. The lowest BCUT2D eigenvalue weighted by Crippen LogP contribution is -1.91. The van der Waals surface area contributed by atoms with Crippen LogP contribution in [0.3, 0.4) is 0 Å². The SMILES string of the molecule is COc1cccc(Cc2c(C)[nH]c3ccccc23)c1. The molecule has 3 rings (SSSR count). The molecule has 1 N–H and O–H groups in total. The summed E-state index contributed by atoms with van der Waals surface area (Å²) < 4.78 is 5.28. The molecule has 3 aromatic rings. The van der Waals surface area contributed by atoms with Gasteiger partial charge in [-0.25, -0.2) is 0 Å². The Morgan fingerprint density at radius 3 is 2.74 bits per heavy atom. The summed E-state index contributed by atoms with van der Waals surface area (Å²) in [6, 6.07) is 16.7. The molecular formula is C17H17NO. The van der Waals surface area contributed by atoms with Crippen LogP contribution in [0.5, 0.6) is 5.75 Å². The molecule has 0 aliphatic rings. The van der Waals surface area contributed by atoms with Crippen LogP contribution in [0.25, 0.3) is 10.9 Å². The largest absolute Gasteiger partial charge is 0.497 e. The van der Waals surface area contributed by atoms with Gasteiger partial charge in [0.25, 0.3) is 0 Å². The fraction of sp³-hybridized carbons (Fsp3) is 0.176. The molecule has 0 fully saturated rings. The van der Waals surface area contributed by atoms with Crippen molar-refractivity contribution in [2.24, 2.45) is 0 Å². The number of hydrogen-bond acceptors (Lipinski definition) is 1. The molecule has 0 aliphatic carbocycles. The van der Waals surface area contributed by atoms with Gasteiger partial charge < -0.3 is 9.72 Å². The number of fused-ring (bicyclic) bond motifs is 1. The molecule has 0 spiro atoms. The van der Waals surface area contributed by atoms with Gasteiger partial charge in [-0.15, -0.1) is 0 Å². The highest BCUT2D eigenvalue weighted by Crippen LogP contribution is 2.25. The van der Waals surface area contributed by atoms with E-state index in [1.165, 1.54) is 27.7 Å². The van der Waals surface area contributed by atoms with Gasteiger partial charge in [0.15, 0.2) is 0 Å². The van der Waals surface area contributed by atoms with Gasteiger partial charge in [0.2, 0.25) is 0 Å². The van der Waals surface area contributed by atoms with Gasteiger partial charge in [-0.3, -0.25) is 0 Å². The van der Waals surface area contributed by atoms with Crippen LogP contribution in [0, 0.1) is 6.92 Å². The summed E-state index contributed by atoms with van der Waals surface area (Å²) in [5.41, 5.74) is 5.08. The monoisotopic (exact) mass is 251 g/mol. The predicted octanol–water partition coefficient (Wildman–Crippen LogP) is 4.08. The number of hydrogen-bond donors (Lipinski definition) is 1. The van der Waals surface area contributed by atoms with Gasteiger partial charge in [-0.2, -0.15) is 0 Å². The molecule has 1 heterocycles. The standard InChI is InChI=1S/C17H17NO/c1-12-16(15-8-3-4-9-17(15)18-12)11-13-6-5-7-14(10-13)19-2/h3-10,18H,11H2,1-2H3. The van der Waals surface area contributed by atoms with Crippen molar-refractivity contribution in [3.05, 3.63) is 65.4 Å². The lowest BCUT2D eigenvalue weighted by Gasteiger charge is -2.05. The number of ether oxygens (including phenoxy) is 1. The van der Waals surface area contributed by atoms with Gasteiger partial charge in [-0.1, -0.05) is 30.3 Å². The fourth-order valence-electron chi connectivity index (χ4n) is 2.55. The van der Waals surface area contributed by atoms with Crippen molar-refractivity contribution >= 4 is 10.9 Å². The maximum absolute atomic E-state index is 5.28. The van der Waals surface area contributed by atoms with Crippen molar-refractivity contribution in [3.63, 3.8) is 0 Å². The van der Waals surface area contributed by atoms with E-state index < -0.39 is 0 Å². The second kappa shape index (κ2) is 4.81. The third kappa shape index (κ3) is 2.22. The summed E-state index contributed by atoms with van der Waals surface area (Å²) in [6.07, 6.45) is 0.924. The van der Waals surface area contributed by atoms with Crippen LogP contribution < -0.4 is 4.74 Å². The lowest BCUT2D eigenvalue weighted by atomic mass is 10.0. The van der Waals surface area contributed by atoms with E-state index >= 15 is 0 Å². The molecule has 96 valence electrons. The molecule has 2 heteroatoms. The summed E-state index contributed by atoms with van der Waals surface area (Å²) in [4.78, 5) is 3.44. The minimum atomic E-state index is 0.912. The zero-order chi connectivity index (χ0) is 13.2. The van der Waals surface area contributed by atoms with E-state index in [0.29, 0.717) is 0 Å². The van der Waals surface area contributed by atoms with Crippen LogP contribution in [-0.2, 0) is 6.42 Å². The van der Waals surface area contributed by atoms with Crippen molar-refractivity contribution in [3.8, 4) is 5.75 Å². The predicted molar refractivity (Wildman–Crippen MR) is 78.8 cm³/mol. The van der Waals surface area contributed by atoms with Crippen LogP contribution >= 0.6 is 0 Å². The lowest BCUT2D eigenvalue weighted by molar-refractivity contribution is 0.414. The molecule has 0 saturated carbocycles. The molecule has 0 atom stereocenters. The molecule has 0 unspecified atom stereocenters. The number of aryl methyl sites for hydroxylation is 1. The quantitative estimate of drug-likeness (QED) is 0.745. The van der Waals surface area contributed by atoms with E-state index in [4.69, 9.17) is 4.74 Å². The molecule has 19 heavy (non-hydrogen) atoms. The average molecular weight is 251 g/mol. The summed E-state index contributed by atoms with van der Waals surface area (Å²) in [5, 5.41) is 1.31. The first-order chi connectivity index (χ1) is 9.28. The zero-order valence-corrected chi connectivity index (χ0v) is 11.2. The Balaban J connectivity index is 2.02. The van der Waals surface area contributed by atoms with Gasteiger partial charge in [-0.05, 0) is 42.7 Å². The Labute approximate surface area is 113 Å². The van der Waals surface area contributed by atoms with Gasteiger partial charge in [0.05, 0.1) is 7.11 Å². The number of para-hydroxylation sites is 1. The topological polar surface area (TPSA) is 25.0 Å². The second-order valence-corrected chi connectivity index (χ2v) is 4.80. The maximum atomic E-state index is 5.28. The first kappa shape index (κ1) is 11.8. The molecule has 0 bridgehead atoms. The second-order valence-electron chi connectivity index (χ2n) is 4.80. The summed E-state index contributed by atoms with van der Waals surface area (Å²) >= 11 is 0. The van der Waals surface area contributed by atoms with E-state index in [-0.39, 0.29) is 0 Å². The third-order valence-corrected chi connectivity index (χ3v) is 3.54. The van der Waals surface area contributed by atoms with E-state index in [9.17, 15) is 0 Å². The van der Waals surface area contributed by atoms with Crippen LogP contribution in [-0.4, -0.2) is 12.1 Å². The minimum Gasteiger partial charge on any atom is -0.497 e. The van der Waals surface area contributed by atoms with Gasteiger partial charge >= 0.3 is 0 Å². The van der Waals surface area contributed by atoms with Crippen molar-refractivity contribution in [1.82, 2.24) is 4.98 Å². The first-order valence-electron chi connectivity index (χ1n) is 6.47. The third-order valence-electron chi connectivity index (χ3n) is 3.54. The molecule has 2 nitrogen and oxygen atoms in total. The Morgan fingerprint density at radius 2 is 1.89 bits per heavy atom. The van der Waals surface area contributed by atoms with Crippen LogP contribution in [0.4, 0.5) is 0 Å².